The van der Waals surface area contributed by atoms with Crippen molar-refractivity contribution in [3.63, 3.8) is 0 Å². The Balaban J connectivity index is 2.31. The summed E-state index contributed by atoms with van der Waals surface area (Å²) < 4.78 is 27.0. The molecular formula is C14H14N4O2S. The van der Waals surface area contributed by atoms with Gasteiger partial charge in [-0.05, 0) is 24.6 Å². The molecule has 2 aromatic rings. The van der Waals surface area contributed by atoms with Crippen LogP contribution in [0, 0.1) is 18.8 Å². The van der Waals surface area contributed by atoms with Gasteiger partial charge in [-0.2, -0.15) is 0 Å². The molecule has 0 radical (unpaired) electrons. The van der Waals surface area contributed by atoms with Crippen molar-refractivity contribution < 1.29 is 8.42 Å². The zero-order valence-electron chi connectivity index (χ0n) is 11.4. The molecule has 2 heterocycles. The molecule has 0 fully saturated rings. The van der Waals surface area contributed by atoms with Gasteiger partial charge in [0.1, 0.15) is 4.90 Å². The molecule has 0 atom stereocenters. The van der Waals surface area contributed by atoms with E-state index in [4.69, 9.17) is 5.73 Å². The lowest BCUT2D eigenvalue weighted by molar-refractivity contribution is 0.600. The highest BCUT2D eigenvalue weighted by Crippen LogP contribution is 2.16. The summed E-state index contributed by atoms with van der Waals surface area (Å²) in [6.45, 7) is 2.03. The molecule has 21 heavy (non-hydrogen) atoms. The van der Waals surface area contributed by atoms with Crippen molar-refractivity contribution in [3.8, 4) is 11.8 Å². The molecule has 7 heteroatoms. The number of anilines is 1. The van der Waals surface area contributed by atoms with Crippen LogP contribution in [0.2, 0.25) is 0 Å². The second-order valence-electron chi connectivity index (χ2n) is 4.27. The van der Waals surface area contributed by atoms with Crippen molar-refractivity contribution in [2.75, 3.05) is 11.3 Å². The first kappa shape index (κ1) is 15.0. The summed E-state index contributed by atoms with van der Waals surface area (Å²) in [5.41, 5.74) is 7.03. The van der Waals surface area contributed by atoms with E-state index in [0.29, 0.717) is 11.3 Å². The van der Waals surface area contributed by atoms with Crippen molar-refractivity contribution in [1.82, 2.24) is 9.97 Å². The van der Waals surface area contributed by atoms with Crippen LogP contribution in [0.15, 0.2) is 41.8 Å². The molecule has 0 saturated heterocycles. The zero-order chi connectivity index (χ0) is 15.3. The topological polar surface area (TPSA) is 98.0 Å². The van der Waals surface area contributed by atoms with E-state index in [1.807, 2.05) is 6.92 Å². The van der Waals surface area contributed by atoms with Crippen molar-refractivity contribution in [1.29, 1.82) is 0 Å². The van der Waals surface area contributed by atoms with Crippen molar-refractivity contribution >= 4 is 15.7 Å². The molecule has 0 saturated carbocycles. The standard InChI is InChI=1S/C14H14N4O2S/c1-11-5-13(9-16-7-11)18-21(19,20)14-6-12(3-2-4-15)8-17-10-14/h5-10,18H,4,15H2,1H3. The van der Waals surface area contributed by atoms with E-state index in [0.717, 1.165) is 5.56 Å². The molecule has 0 bridgehead atoms. The lowest BCUT2D eigenvalue weighted by Crippen LogP contribution is -2.13. The fraction of sp³-hybridized carbons (Fsp3) is 0.143. The minimum absolute atomic E-state index is 0.0350. The molecule has 6 nitrogen and oxygen atoms in total. The number of nitrogens with zero attached hydrogens (tertiary/aromatic N) is 2. The molecule has 0 unspecified atom stereocenters. The predicted octanol–water partition coefficient (Wildman–Crippen LogP) is 0.896. The predicted molar refractivity (Wildman–Crippen MR) is 80.0 cm³/mol. The second-order valence-corrected chi connectivity index (χ2v) is 5.95. The summed E-state index contributed by atoms with van der Waals surface area (Å²) in [4.78, 5) is 7.86. The molecule has 0 aliphatic heterocycles. The largest absolute Gasteiger partial charge is 0.320 e. The number of nitrogens with one attached hydrogen (secondary N) is 1. The van der Waals surface area contributed by atoms with E-state index in [2.05, 4.69) is 26.5 Å². The number of nitrogens with two attached hydrogens (primary N) is 1. The first-order valence-corrected chi connectivity index (χ1v) is 7.58. The molecule has 0 aliphatic carbocycles. The molecule has 0 spiro atoms. The maximum absolute atomic E-state index is 12.3. The Hall–Kier alpha value is -2.43. The van der Waals surface area contributed by atoms with E-state index >= 15 is 0 Å². The summed E-state index contributed by atoms with van der Waals surface area (Å²) in [7, 11) is -3.73. The number of aromatic nitrogens is 2. The Bertz CT molecular complexity index is 807. The van der Waals surface area contributed by atoms with Crippen LogP contribution in [0.1, 0.15) is 11.1 Å². The second kappa shape index (κ2) is 6.35. The summed E-state index contributed by atoms with van der Waals surface area (Å²) >= 11 is 0. The first-order valence-electron chi connectivity index (χ1n) is 6.10. The van der Waals surface area contributed by atoms with Crippen LogP contribution < -0.4 is 10.5 Å². The van der Waals surface area contributed by atoms with Gasteiger partial charge in [0.05, 0.1) is 18.4 Å². The minimum atomic E-state index is -3.73. The molecule has 0 amide bonds. The number of hydrogen-bond acceptors (Lipinski definition) is 5. The number of rotatable bonds is 3. The maximum Gasteiger partial charge on any atom is 0.263 e. The van der Waals surface area contributed by atoms with E-state index < -0.39 is 10.0 Å². The van der Waals surface area contributed by atoms with Crippen LogP contribution in [-0.4, -0.2) is 24.9 Å². The monoisotopic (exact) mass is 302 g/mol. The first-order chi connectivity index (χ1) is 10.0. The SMILES string of the molecule is Cc1cncc(NS(=O)(=O)c2cncc(C#CCN)c2)c1. The maximum atomic E-state index is 12.3. The van der Waals surface area contributed by atoms with E-state index in [1.54, 1.807) is 12.3 Å². The molecule has 3 N–H and O–H groups in total. The van der Waals surface area contributed by atoms with Gasteiger partial charge < -0.3 is 5.73 Å². The van der Waals surface area contributed by atoms with Crippen molar-refractivity contribution in [2.24, 2.45) is 5.73 Å². The average Bonchev–Trinajstić information content (AvgIpc) is 2.45. The third kappa shape index (κ3) is 4.02. The van der Waals surface area contributed by atoms with Gasteiger partial charge in [-0.1, -0.05) is 11.8 Å². The molecular weight excluding hydrogens is 288 g/mol. The molecule has 0 aromatic carbocycles. The lowest BCUT2D eigenvalue weighted by atomic mass is 10.3. The van der Waals surface area contributed by atoms with E-state index in [9.17, 15) is 8.42 Å². The minimum Gasteiger partial charge on any atom is -0.320 e. The van der Waals surface area contributed by atoms with Gasteiger partial charge in [0, 0.05) is 24.2 Å². The Morgan fingerprint density at radius 2 is 1.95 bits per heavy atom. The normalized spacial score (nSPS) is 10.6. The van der Waals surface area contributed by atoms with Crippen LogP contribution in [-0.2, 0) is 10.0 Å². The van der Waals surface area contributed by atoms with Crippen LogP contribution in [0.25, 0.3) is 0 Å². The van der Waals surface area contributed by atoms with Crippen LogP contribution in [0.3, 0.4) is 0 Å². The van der Waals surface area contributed by atoms with Gasteiger partial charge in [0.15, 0.2) is 0 Å². The Kier molecular flexibility index (Phi) is 4.52. The van der Waals surface area contributed by atoms with Crippen LogP contribution in [0.5, 0.6) is 0 Å². The number of pyridine rings is 2. The molecule has 2 aromatic heterocycles. The third-order valence-corrected chi connectivity index (χ3v) is 3.83. The number of aryl methyl sites for hydroxylation is 1. The Morgan fingerprint density at radius 1 is 1.19 bits per heavy atom. The van der Waals surface area contributed by atoms with Gasteiger partial charge in [-0.25, -0.2) is 8.42 Å². The average molecular weight is 302 g/mol. The third-order valence-electron chi connectivity index (χ3n) is 2.49. The number of hydrogen-bond donors (Lipinski definition) is 2. The molecule has 108 valence electrons. The summed E-state index contributed by atoms with van der Waals surface area (Å²) in [5.74, 6) is 5.40. The quantitative estimate of drug-likeness (QED) is 0.821. The van der Waals surface area contributed by atoms with Crippen LogP contribution >= 0.6 is 0 Å². The van der Waals surface area contributed by atoms with E-state index in [1.165, 1.54) is 24.7 Å². The van der Waals surface area contributed by atoms with E-state index in [-0.39, 0.29) is 11.4 Å². The van der Waals surface area contributed by atoms with Gasteiger partial charge >= 0.3 is 0 Å². The molecule has 0 aliphatic rings. The van der Waals surface area contributed by atoms with Gasteiger partial charge in [-0.15, -0.1) is 0 Å². The highest BCUT2D eigenvalue weighted by atomic mass is 32.2. The highest BCUT2D eigenvalue weighted by Gasteiger charge is 2.15. The molecule has 2 rings (SSSR count). The summed E-state index contributed by atoms with van der Waals surface area (Å²) in [6, 6.07) is 3.14. The van der Waals surface area contributed by atoms with Crippen molar-refractivity contribution in [3.05, 3.63) is 48.0 Å². The smallest absolute Gasteiger partial charge is 0.263 e. The van der Waals surface area contributed by atoms with Crippen LogP contribution in [0.4, 0.5) is 5.69 Å². The van der Waals surface area contributed by atoms with Gasteiger partial charge in [0.25, 0.3) is 10.0 Å². The fourth-order valence-corrected chi connectivity index (χ4v) is 2.63. The Labute approximate surface area is 123 Å². The fourth-order valence-electron chi connectivity index (χ4n) is 1.61. The zero-order valence-corrected chi connectivity index (χ0v) is 12.2. The lowest BCUT2D eigenvalue weighted by Gasteiger charge is -2.08. The van der Waals surface area contributed by atoms with Gasteiger partial charge in [0.2, 0.25) is 0 Å². The Morgan fingerprint density at radius 3 is 2.67 bits per heavy atom. The number of sulfonamides is 1. The highest BCUT2D eigenvalue weighted by molar-refractivity contribution is 7.92. The van der Waals surface area contributed by atoms with Gasteiger partial charge in [-0.3, -0.25) is 14.7 Å². The summed E-state index contributed by atoms with van der Waals surface area (Å²) in [5, 5.41) is 0. The summed E-state index contributed by atoms with van der Waals surface area (Å²) in [6.07, 6.45) is 5.83. The van der Waals surface area contributed by atoms with Crippen molar-refractivity contribution in [2.45, 2.75) is 11.8 Å².